The van der Waals surface area contributed by atoms with Gasteiger partial charge in [-0.3, -0.25) is 4.90 Å². The van der Waals surface area contributed by atoms with E-state index in [-0.39, 0.29) is 18.9 Å². The highest BCUT2D eigenvalue weighted by atomic mass is 79.9. The molecule has 1 aliphatic carbocycles. The smallest absolute Gasteiger partial charge is 0.410 e. The van der Waals surface area contributed by atoms with Gasteiger partial charge in [0.05, 0.1) is 0 Å². The number of likely N-dealkylation sites (N-methyl/N-ethyl adjacent to an activating group) is 1. The zero-order valence-electron chi connectivity index (χ0n) is 17.9. The first-order valence-electron chi connectivity index (χ1n) is 10.5. The van der Waals surface area contributed by atoms with Gasteiger partial charge >= 0.3 is 12.1 Å². The van der Waals surface area contributed by atoms with E-state index in [0.717, 1.165) is 26.7 Å². The van der Waals surface area contributed by atoms with E-state index >= 15 is 0 Å². The average Bonchev–Trinajstić information content (AvgIpc) is 3.12. The summed E-state index contributed by atoms with van der Waals surface area (Å²) in [6, 6.07) is 23.2. The molecule has 0 saturated heterocycles. The summed E-state index contributed by atoms with van der Waals surface area (Å²) in [5.74, 6) is -1.19. The topological polar surface area (TPSA) is 66.8 Å². The highest BCUT2D eigenvalue weighted by Gasteiger charge is 2.46. The molecule has 1 amide bonds. The summed E-state index contributed by atoms with van der Waals surface area (Å²) in [6.07, 6.45) is -0.476. The molecule has 0 bridgehead atoms. The van der Waals surface area contributed by atoms with Gasteiger partial charge in [0, 0.05) is 17.4 Å². The lowest BCUT2D eigenvalue weighted by Gasteiger charge is -2.37. The zero-order chi connectivity index (χ0) is 22.9. The lowest BCUT2D eigenvalue weighted by atomic mass is 9.86. The fourth-order valence-electron chi connectivity index (χ4n) is 4.65. The van der Waals surface area contributed by atoms with Crippen molar-refractivity contribution in [3.63, 3.8) is 0 Å². The molecule has 3 aromatic rings. The van der Waals surface area contributed by atoms with E-state index in [1.807, 2.05) is 42.5 Å². The van der Waals surface area contributed by atoms with Crippen LogP contribution in [0.3, 0.4) is 0 Å². The molecule has 0 heterocycles. The molecule has 0 spiro atoms. The third-order valence-corrected chi connectivity index (χ3v) is 6.84. The SMILES string of the molecule is CCC(C(=O)O)(c1cccc(Br)c1)N(C)C(=O)OCC1c2ccccc2-c2ccccc21. The van der Waals surface area contributed by atoms with E-state index in [1.54, 1.807) is 25.1 Å². The van der Waals surface area contributed by atoms with Crippen molar-refractivity contribution in [1.29, 1.82) is 0 Å². The van der Waals surface area contributed by atoms with Crippen LogP contribution in [-0.2, 0) is 15.1 Å². The van der Waals surface area contributed by atoms with E-state index in [4.69, 9.17) is 4.74 Å². The maximum absolute atomic E-state index is 13.1. The molecule has 0 radical (unpaired) electrons. The fourth-order valence-corrected chi connectivity index (χ4v) is 5.04. The molecule has 0 saturated carbocycles. The van der Waals surface area contributed by atoms with Gasteiger partial charge in [-0.25, -0.2) is 9.59 Å². The summed E-state index contributed by atoms with van der Waals surface area (Å²) in [4.78, 5) is 26.8. The standard InChI is InChI=1S/C26H24BrNO4/c1-3-26(24(29)30,17-9-8-10-18(27)15-17)28(2)25(31)32-16-23-21-13-6-4-11-19(21)20-12-5-7-14-22(20)23/h4-15,23H,3,16H2,1-2H3,(H,29,30). The van der Waals surface area contributed by atoms with Gasteiger partial charge in [-0.2, -0.15) is 0 Å². The van der Waals surface area contributed by atoms with Crippen LogP contribution in [0.25, 0.3) is 11.1 Å². The molecular formula is C26H24BrNO4. The number of fused-ring (bicyclic) bond motifs is 3. The highest BCUT2D eigenvalue weighted by Crippen LogP contribution is 2.44. The molecule has 1 N–H and O–H groups in total. The minimum atomic E-state index is -1.54. The van der Waals surface area contributed by atoms with Crippen molar-refractivity contribution in [2.24, 2.45) is 0 Å². The zero-order valence-corrected chi connectivity index (χ0v) is 19.5. The van der Waals surface area contributed by atoms with Crippen LogP contribution >= 0.6 is 15.9 Å². The van der Waals surface area contributed by atoms with Gasteiger partial charge in [0.25, 0.3) is 0 Å². The van der Waals surface area contributed by atoms with Gasteiger partial charge in [0.2, 0.25) is 0 Å². The number of carboxylic acid groups (broad SMARTS) is 1. The third-order valence-electron chi connectivity index (χ3n) is 6.35. The van der Waals surface area contributed by atoms with Gasteiger partial charge < -0.3 is 9.84 Å². The second-order valence-electron chi connectivity index (χ2n) is 7.89. The van der Waals surface area contributed by atoms with Gasteiger partial charge in [-0.05, 0) is 46.4 Å². The van der Waals surface area contributed by atoms with Crippen LogP contribution in [0.15, 0.2) is 77.3 Å². The number of amides is 1. The maximum atomic E-state index is 13.1. The maximum Gasteiger partial charge on any atom is 0.410 e. The van der Waals surface area contributed by atoms with Crippen molar-refractivity contribution in [3.8, 4) is 11.1 Å². The normalized spacial score (nSPS) is 14.2. The molecule has 4 rings (SSSR count). The van der Waals surface area contributed by atoms with E-state index < -0.39 is 17.6 Å². The number of hydrogen-bond acceptors (Lipinski definition) is 3. The number of hydrogen-bond donors (Lipinski definition) is 1. The first-order valence-corrected chi connectivity index (χ1v) is 11.3. The Bertz CT molecular complexity index is 1130. The van der Waals surface area contributed by atoms with Crippen LogP contribution < -0.4 is 0 Å². The van der Waals surface area contributed by atoms with Gasteiger partial charge in [0.1, 0.15) is 6.61 Å². The largest absolute Gasteiger partial charge is 0.479 e. The Hall–Kier alpha value is -3.12. The number of carboxylic acids is 1. The van der Waals surface area contributed by atoms with Crippen molar-refractivity contribution in [1.82, 2.24) is 4.90 Å². The quantitative estimate of drug-likeness (QED) is 0.455. The molecule has 0 aromatic heterocycles. The summed E-state index contributed by atoms with van der Waals surface area (Å²) in [5.41, 5.74) is 3.47. The Kier molecular flexibility index (Phi) is 6.07. The molecule has 164 valence electrons. The Morgan fingerprint density at radius 3 is 2.12 bits per heavy atom. The van der Waals surface area contributed by atoms with Crippen LogP contribution in [-0.4, -0.2) is 35.7 Å². The third kappa shape index (κ3) is 3.58. The van der Waals surface area contributed by atoms with Crippen LogP contribution in [0, 0.1) is 0 Å². The second-order valence-corrected chi connectivity index (χ2v) is 8.81. The number of benzene rings is 3. The Labute approximate surface area is 195 Å². The number of carbonyl (C=O) groups excluding carboxylic acids is 1. The molecule has 6 heteroatoms. The molecule has 5 nitrogen and oxygen atoms in total. The minimum Gasteiger partial charge on any atom is -0.479 e. The highest BCUT2D eigenvalue weighted by molar-refractivity contribution is 9.10. The summed E-state index contributed by atoms with van der Waals surface area (Å²) >= 11 is 3.40. The summed E-state index contributed by atoms with van der Waals surface area (Å²) in [6.45, 7) is 1.89. The molecule has 0 fully saturated rings. The second kappa shape index (κ2) is 8.79. The van der Waals surface area contributed by atoms with Crippen molar-refractivity contribution in [2.75, 3.05) is 13.7 Å². The summed E-state index contributed by atoms with van der Waals surface area (Å²) < 4.78 is 6.47. The molecule has 32 heavy (non-hydrogen) atoms. The van der Waals surface area contributed by atoms with Gasteiger partial charge in [-0.15, -0.1) is 0 Å². The first-order chi connectivity index (χ1) is 15.4. The molecule has 1 aliphatic rings. The van der Waals surface area contributed by atoms with Crippen LogP contribution in [0.5, 0.6) is 0 Å². The molecule has 3 aromatic carbocycles. The van der Waals surface area contributed by atoms with Gasteiger partial charge in [0.15, 0.2) is 5.54 Å². The minimum absolute atomic E-state index is 0.0912. The number of ether oxygens (including phenoxy) is 1. The Balaban J connectivity index is 1.60. The van der Waals surface area contributed by atoms with Crippen molar-refractivity contribution in [3.05, 3.63) is 94.0 Å². The molecule has 1 atom stereocenters. The predicted molar refractivity (Wildman–Crippen MR) is 127 cm³/mol. The predicted octanol–water partition coefficient (Wildman–Crippen LogP) is 6.02. The summed E-state index contributed by atoms with van der Waals surface area (Å²) in [5, 5.41) is 10.2. The number of rotatable bonds is 6. The molecule has 1 unspecified atom stereocenters. The van der Waals surface area contributed by atoms with Crippen LogP contribution in [0.2, 0.25) is 0 Å². The first kappa shape index (κ1) is 22.1. The van der Waals surface area contributed by atoms with Crippen molar-refractivity contribution >= 4 is 28.0 Å². The lowest BCUT2D eigenvalue weighted by molar-refractivity contribution is -0.151. The fraction of sp³-hybridized carbons (Fsp3) is 0.231. The Morgan fingerprint density at radius 1 is 1.00 bits per heavy atom. The average molecular weight is 494 g/mol. The number of carbonyl (C=O) groups is 2. The number of halogens is 1. The van der Waals surface area contributed by atoms with E-state index in [0.29, 0.717) is 5.56 Å². The van der Waals surface area contributed by atoms with Crippen LogP contribution in [0.1, 0.15) is 36.0 Å². The van der Waals surface area contributed by atoms with Crippen molar-refractivity contribution < 1.29 is 19.4 Å². The van der Waals surface area contributed by atoms with E-state index in [1.165, 1.54) is 11.9 Å². The summed E-state index contributed by atoms with van der Waals surface area (Å²) in [7, 11) is 1.48. The lowest BCUT2D eigenvalue weighted by Crippen LogP contribution is -2.52. The van der Waals surface area contributed by atoms with Crippen molar-refractivity contribution in [2.45, 2.75) is 24.8 Å². The molecule has 0 aliphatic heterocycles. The monoisotopic (exact) mass is 493 g/mol. The van der Waals surface area contributed by atoms with Gasteiger partial charge in [-0.1, -0.05) is 83.5 Å². The van der Waals surface area contributed by atoms with Crippen LogP contribution in [0.4, 0.5) is 4.79 Å². The number of nitrogens with zero attached hydrogens (tertiary/aromatic N) is 1. The van der Waals surface area contributed by atoms with E-state index in [2.05, 4.69) is 28.1 Å². The number of aliphatic carboxylic acids is 1. The molecular weight excluding hydrogens is 470 g/mol. The Morgan fingerprint density at radius 2 is 1.59 bits per heavy atom. The van der Waals surface area contributed by atoms with E-state index in [9.17, 15) is 14.7 Å².